The SMILES string of the molecule is Cc1ccc(-c2nc(S[C@H](C)C(=O)N3c4ccccc4C[C@H]3C)[nH]c2-c2ccc(C)cc2)cc1. The fourth-order valence-corrected chi connectivity index (χ4v) is 5.43. The number of aromatic amines is 1. The number of H-pyrrole nitrogens is 1. The Morgan fingerprint density at radius 2 is 1.59 bits per heavy atom. The van der Waals surface area contributed by atoms with E-state index in [9.17, 15) is 4.79 Å². The largest absolute Gasteiger partial charge is 0.332 e. The Hall–Kier alpha value is -3.31. The van der Waals surface area contributed by atoms with Crippen LogP contribution in [0.2, 0.25) is 0 Å². The minimum absolute atomic E-state index is 0.118. The van der Waals surface area contributed by atoms with Crippen molar-refractivity contribution in [1.29, 1.82) is 0 Å². The van der Waals surface area contributed by atoms with Crippen molar-refractivity contribution in [3.63, 3.8) is 0 Å². The predicted octanol–water partition coefficient (Wildman–Crippen LogP) is 6.82. The van der Waals surface area contributed by atoms with Crippen molar-refractivity contribution in [3.8, 4) is 22.5 Å². The molecular formula is C29H29N3OS. The van der Waals surface area contributed by atoms with Gasteiger partial charge in [-0.15, -0.1) is 0 Å². The van der Waals surface area contributed by atoms with Gasteiger partial charge in [-0.25, -0.2) is 4.98 Å². The van der Waals surface area contributed by atoms with Crippen LogP contribution in [0.25, 0.3) is 22.5 Å². The van der Waals surface area contributed by atoms with Gasteiger partial charge in [0.2, 0.25) is 5.91 Å². The van der Waals surface area contributed by atoms with Crippen LogP contribution in [-0.4, -0.2) is 27.2 Å². The van der Waals surface area contributed by atoms with Gasteiger partial charge in [-0.1, -0.05) is 89.6 Å². The average Bonchev–Trinajstić information content (AvgIpc) is 3.39. The third kappa shape index (κ3) is 4.28. The van der Waals surface area contributed by atoms with Gasteiger partial charge in [-0.05, 0) is 45.7 Å². The van der Waals surface area contributed by atoms with Crippen LogP contribution in [0.3, 0.4) is 0 Å². The minimum Gasteiger partial charge on any atom is -0.332 e. The highest BCUT2D eigenvalue weighted by Crippen LogP contribution is 2.37. The number of nitrogens with zero attached hydrogens (tertiary/aromatic N) is 2. The van der Waals surface area contributed by atoms with E-state index < -0.39 is 0 Å². The Labute approximate surface area is 205 Å². The molecule has 0 saturated carbocycles. The van der Waals surface area contributed by atoms with Crippen molar-refractivity contribution in [2.24, 2.45) is 0 Å². The van der Waals surface area contributed by atoms with Gasteiger partial charge in [0.05, 0.1) is 16.6 Å². The fraction of sp³-hybridized carbons (Fsp3) is 0.241. The van der Waals surface area contributed by atoms with E-state index in [0.29, 0.717) is 0 Å². The number of thioether (sulfide) groups is 1. The molecular weight excluding hydrogens is 438 g/mol. The molecule has 172 valence electrons. The molecule has 0 unspecified atom stereocenters. The Morgan fingerprint density at radius 3 is 2.26 bits per heavy atom. The molecule has 1 aromatic heterocycles. The van der Waals surface area contributed by atoms with Crippen molar-refractivity contribution < 1.29 is 4.79 Å². The van der Waals surface area contributed by atoms with Gasteiger partial charge in [0, 0.05) is 22.9 Å². The summed E-state index contributed by atoms with van der Waals surface area (Å²) in [6, 6.07) is 25.3. The summed E-state index contributed by atoms with van der Waals surface area (Å²) in [6.45, 7) is 8.26. The lowest BCUT2D eigenvalue weighted by atomic mass is 10.0. The minimum atomic E-state index is -0.267. The van der Waals surface area contributed by atoms with Gasteiger partial charge < -0.3 is 9.88 Å². The lowest BCUT2D eigenvalue weighted by molar-refractivity contribution is -0.118. The van der Waals surface area contributed by atoms with Crippen LogP contribution in [0.5, 0.6) is 0 Å². The summed E-state index contributed by atoms with van der Waals surface area (Å²) in [5.74, 6) is 0.118. The molecule has 1 aliphatic rings. The molecule has 3 aromatic carbocycles. The third-order valence-electron chi connectivity index (χ3n) is 6.43. The zero-order valence-electron chi connectivity index (χ0n) is 20.0. The van der Waals surface area contributed by atoms with Crippen LogP contribution in [-0.2, 0) is 11.2 Å². The standard InChI is InChI=1S/C29H29N3OS/c1-18-9-13-22(14-10-18)26-27(23-15-11-19(2)12-16-23)31-29(30-26)34-21(4)28(33)32-20(3)17-24-7-5-6-8-25(24)32/h5-16,20-21H,17H2,1-4H3,(H,30,31)/t20-,21-/m1/s1. The van der Waals surface area contributed by atoms with Crippen molar-refractivity contribution in [2.75, 3.05) is 4.90 Å². The summed E-state index contributed by atoms with van der Waals surface area (Å²) in [5, 5.41) is 0.489. The molecule has 34 heavy (non-hydrogen) atoms. The van der Waals surface area contributed by atoms with Gasteiger partial charge in [-0.3, -0.25) is 4.79 Å². The molecule has 0 spiro atoms. The summed E-state index contributed by atoms with van der Waals surface area (Å²) >= 11 is 1.49. The van der Waals surface area contributed by atoms with E-state index in [4.69, 9.17) is 4.98 Å². The van der Waals surface area contributed by atoms with E-state index in [0.717, 1.165) is 39.8 Å². The number of nitrogens with one attached hydrogen (secondary N) is 1. The van der Waals surface area contributed by atoms with Crippen LogP contribution in [0.15, 0.2) is 78.0 Å². The predicted molar refractivity (Wildman–Crippen MR) is 141 cm³/mol. The number of aromatic nitrogens is 2. The number of carbonyl (C=O) groups excluding carboxylic acids is 1. The number of hydrogen-bond acceptors (Lipinski definition) is 3. The quantitative estimate of drug-likeness (QED) is 0.328. The number of aryl methyl sites for hydroxylation is 2. The first-order valence-corrected chi connectivity index (χ1v) is 12.6. The molecule has 0 radical (unpaired) electrons. The maximum absolute atomic E-state index is 13.5. The van der Waals surface area contributed by atoms with Gasteiger partial charge in [0.1, 0.15) is 0 Å². The van der Waals surface area contributed by atoms with E-state index in [1.807, 2.05) is 30.0 Å². The van der Waals surface area contributed by atoms with Gasteiger partial charge in [0.25, 0.3) is 0 Å². The molecule has 1 amide bonds. The van der Waals surface area contributed by atoms with Crippen LogP contribution in [0.1, 0.15) is 30.5 Å². The first-order valence-electron chi connectivity index (χ1n) is 11.7. The molecule has 0 bridgehead atoms. The summed E-state index contributed by atoms with van der Waals surface area (Å²) in [7, 11) is 0. The lowest BCUT2D eigenvalue weighted by Crippen LogP contribution is -2.40. The molecule has 2 atom stereocenters. The molecule has 5 heteroatoms. The number of anilines is 1. The highest BCUT2D eigenvalue weighted by atomic mass is 32.2. The number of hydrogen-bond donors (Lipinski definition) is 1. The number of fused-ring (bicyclic) bond motifs is 1. The van der Waals surface area contributed by atoms with Gasteiger partial charge in [-0.2, -0.15) is 0 Å². The molecule has 4 nitrogen and oxygen atoms in total. The first kappa shape index (κ1) is 22.5. The highest BCUT2D eigenvalue weighted by Gasteiger charge is 2.33. The molecule has 1 aliphatic heterocycles. The summed E-state index contributed by atoms with van der Waals surface area (Å²) in [5.41, 5.74) is 8.73. The monoisotopic (exact) mass is 467 g/mol. The second kappa shape index (κ2) is 9.15. The number of carbonyl (C=O) groups is 1. The topological polar surface area (TPSA) is 49.0 Å². The van der Waals surface area contributed by atoms with Crippen molar-refractivity contribution >= 4 is 23.4 Å². The molecule has 4 aromatic rings. The zero-order chi connectivity index (χ0) is 23.8. The Bertz CT molecular complexity index is 1260. The van der Waals surface area contributed by atoms with Gasteiger partial charge in [0.15, 0.2) is 5.16 Å². The first-order chi connectivity index (χ1) is 16.4. The van der Waals surface area contributed by atoms with Crippen LogP contribution < -0.4 is 4.90 Å². The van der Waals surface area contributed by atoms with Crippen LogP contribution >= 0.6 is 11.8 Å². The summed E-state index contributed by atoms with van der Waals surface area (Å²) in [6.07, 6.45) is 0.898. The van der Waals surface area contributed by atoms with Crippen molar-refractivity contribution in [3.05, 3.63) is 89.5 Å². The lowest BCUT2D eigenvalue weighted by Gasteiger charge is -2.25. The number of imidazole rings is 1. The van der Waals surface area contributed by atoms with E-state index in [1.54, 1.807) is 0 Å². The second-order valence-corrected chi connectivity index (χ2v) is 10.5. The van der Waals surface area contributed by atoms with Crippen LogP contribution in [0.4, 0.5) is 5.69 Å². The van der Waals surface area contributed by atoms with E-state index in [-0.39, 0.29) is 17.2 Å². The summed E-state index contributed by atoms with van der Waals surface area (Å²) in [4.78, 5) is 23.9. The third-order valence-corrected chi connectivity index (χ3v) is 7.40. The maximum Gasteiger partial charge on any atom is 0.240 e. The summed E-state index contributed by atoms with van der Waals surface area (Å²) < 4.78 is 0. The van der Waals surface area contributed by atoms with Crippen molar-refractivity contribution in [2.45, 2.75) is 50.6 Å². The molecule has 1 N–H and O–H groups in total. The zero-order valence-corrected chi connectivity index (χ0v) is 20.8. The van der Waals surface area contributed by atoms with E-state index >= 15 is 0 Å². The van der Waals surface area contributed by atoms with Crippen LogP contribution in [0, 0.1) is 13.8 Å². The normalized spacial score (nSPS) is 15.9. The van der Waals surface area contributed by atoms with E-state index in [1.165, 1.54) is 28.5 Å². The second-order valence-electron chi connectivity index (χ2n) is 9.15. The number of amides is 1. The molecule has 0 fully saturated rings. The average molecular weight is 468 g/mol. The number of para-hydroxylation sites is 1. The Balaban J connectivity index is 1.46. The number of benzene rings is 3. The Kier molecular flexibility index (Phi) is 6.05. The van der Waals surface area contributed by atoms with Gasteiger partial charge >= 0.3 is 0 Å². The molecule has 0 aliphatic carbocycles. The maximum atomic E-state index is 13.5. The highest BCUT2D eigenvalue weighted by molar-refractivity contribution is 8.00. The van der Waals surface area contributed by atoms with Crippen molar-refractivity contribution in [1.82, 2.24) is 9.97 Å². The Morgan fingerprint density at radius 1 is 0.971 bits per heavy atom. The molecule has 0 saturated heterocycles. The fourth-order valence-electron chi connectivity index (χ4n) is 4.57. The number of rotatable bonds is 5. The molecule has 2 heterocycles. The van der Waals surface area contributed by atoms with E-state index in [2.05, 4.69) is 80.4 Å². The molecule has 5 rings (SSSR count). The smallest absolute Gasteiger partial charge is 0.240 e.